The van der Waals surface area contributed by atoms with Crippen molar-refractivity contribution in [3.63, 3.8) is 0 Å². The Bertz CT molecular complexity index is 378. The van der Waals surface area contributed by atoms with E-state index in [9.17, 15) is 9.18 Å². The van der Waals surface area contributed by atoms with Crippen molar-refractivity contribution in [2.24, 2.45) is 5.92 Å². The van der Waals surface area contributed by atoms with E-state index >= 15 is 0 Å². The van der Waals surface area contributed by atoms with Crippen LogP contribution in [0.2, 0.25) is 0 Å². The molecule has 1 aromatic heterocycles. The van der Waals surface area contributed by atoms with Gasteiger partial charge in [0.1, 0.15) is 11.6 Å². The molecule has 1 heterocycles. The molecule has 0 saturated heterocycles. The summed E-state index contributed by atoms with van der Waals surface area (Å²) >= 11 is 0. The molecule has 0 N–H and O–H groups in total. The number of aromatic nitrogens is 1. The van der Waals surface area contributed by atoms with Gasteiger partial charge >= 0.3 is 0 Å². The van der Waals surface area contributed by atoms with Crippen molar-refractivity contribution in [2.75, 3.05) is 0 Å². The average molecular weight is 221 g/mol. The van der Waals surface area contributed by atoms with E-state index in [1.807, 2.05) is 0 Å². The Morgan fingerprint density at radius 3 is 3.00 bits per heavy atom. The maximum Gasteiger partial charge on any atom is 0.141 e. The number of carbonyl (C=O) groups is 1. The predicted octanol–water partition coefficient (Wildman–Crippen LogP) is 2.91. The maximum atomic E-state index is 13.0. The molecule has 2 rings (SSSR count). The highest BCUT2D eigenvalue weighted by Crippen LogP contribution is 2.23. The third-order valence-corrected chi connectivity index (χ3v) is 3.17. The Morgan fingerprint density at radius 1 is 1.31 bits per heavy atom. The topological polar surface area (TPSA) is 30.0 Å². The van der Waals surface area contributed by atoms with Crippen LogP contribution in [0.1, 0.15) is 37.7 Å². The number of ketones is 1. The lowest BCUT2D eigenvalue weighted by atomic mass is 9.92. The highest BCUT2D eigenvalue weighted by molar-refractivity contribution is 5.81. The van der Waals surface area contributed by atoms with E-state index < -0.39 is 0 Å². The summed E-state index contributed by atoms with van der Waals surface area (Å²) in [6.45, 7) is 0. The average Bonchev–Trinajstić information content (AvgIpc) is 2.45. The molecule has 1 aromatic rings. The lowest BCUT2D eigenvalue weighted by Gasteiger charge is -2.12. The molecule has 1 unspecified atom stereocenters. The molecule has 0 aromatic carbocycles. The van der Waals surface area contributed by atoms with Gasteiger partial charge < -0.3 is 0 Å². The van der Waals surface area contributed by atoms with Crippen LogP contribution in [0.5, 0.6) is 0 Å². The molecule has 16 heavy (non-hydrogen) atoms. The second-order valence-electron chi connectivity index (χ2n) is 4.48. The third kappa shape index (κ3) is 2.87. The van der Waals surface area contributed by atoms with Gasteiger partial charge in [-0.3, -0.25) is 9.78 Å². The largest absolute Gasteiger partial charge is 0.299 e. The fraction of sp³-hybridized carbons (Fsp3) is 0.538. The van der Waals surface area contributed by atoms with Gasteiger partial charge in [-0.2, -0.15) is 0 Å². The van der Waals surface area contributed by atoms with Crippen LogP contribution < -0.4 is 0 Å². The number of rotatable bonds is 2. The minimum absolute atomic E-state index is 0.0751. The van der Waals surface area contributed by atoms with Crippen LogP contribution >= 0.6 is 0 Å². The zero-order valence-electron chi connectivity index (χ0n) is 9.29. The molecule has 1 aliphatic carbocycles. The number of Topliss-reactive ketones (excluding diaryl/α,β-unsaturated/α-hetero) is 1. The summed E-state index contributed by atoms with van der Waals surface area (Å²) in [5, 5.41) is 0. The summed E-state index contributed by atoms with van der Waals surface area (Å²) in [5.74, 6) is 0.0893. The minimum Gasteiger partial charge on any atom is -0.299 e. The molecule has 1 atom stereocenters. The first-order valence-electron chi connectivity index (χ1n) is 5.88. The number of hydrogen-bond donors (Lipinski definition) is 0. The zero-order chi connectivity index (χ0) is 11.4. The van der Waals surface area contributed by atoms with Crippen molar-refractivity contribution in [2.45, 2.75) is 38.5 Å². The number of pyridine rings is 1. The van der Waals surface area contributed by atoms with Gasteiger partial charge in [0.2, 0.25) is 0 Å². The minimum atomic E-state index is -0.321. The molecule has 86 valence electrons. The summed E-state index contributed by atoms with van der Waals surface area (Å²) in [4.78, 5) is 15.6. The molecule has 0 spiro atoms. The van der Waals surface area contributed by atoms with Crippen molar-refractivity contribution >= 4 is 5.78 Å². The van der Waals surface area contributed by atoms with Gasteiger partial charge in [-0.05, 0) is 30.9 Å². The van der Waals surface area contributed by atoms with Gasteiger partial charge in [-0.1, -0.05) is 12.8 Å². The van der Waals surface area contributed by atoms with Crippen LogP contribution in [0, 0.1) is 11.7 Å². The highest BCUT2D eigenvalue weighted by Gasteiger charge is 2.21. The second kappa shape index (κ2) is 5.19. The normalized spacial score (nSPS) is 21.8. The van der Waals surface area contributed by atoms with Crippen LogP contribution in [0.4, 0.5) is 4.39 Å². The lowest BCUT2D eigenvalue weighted by molar-refractivity contribution is -0.122. The van der Waals surface area contributed by atoms with E-state index in [1.165, 1.54) is 12.3 Å². The highest BCUT2D eigenvalue weighted by atomic mass is 19.1. The summed E-state index contributed by atoms with van der Waals surface area (Å²) in [6, 6.07) is 1.48. The monoisotopic (exact) mass is 221 g/mol. The van der Waals surface area contributed by atoms with Gasteiger partial charge in [0.05, 0.1) is 6.20 Å². The summed E-state index contributed by atoms with van der Waals surface area (Å²) in [6.07, 6.45) is 8.38. The van der Waals surface area contributed by atoms with Crippen molar-refractivity contribution in [3.05, 3.63) is 29.8 Å². The summed E-state index contributed by atoms with van der Waals surface area (Å²) < 4.78 is 13.0. The Hall–Kier alpha value is -1.25. The third-order valence-electron chi connectivity index (χ3n) is 3.17. The fourth-order valence-corrected chi connectivity index (χ4v) is 2.30. The maximum absolute atomic E-state index is 13.0. The fourth-order valence-electron chi connectivity index (χ4n) is 2.30. The molecule has 0 aliphatic heterocycles. The van der Waals surface area contributed by atoms with Crippen LogP contribution in [-0.4, -0.2) is 10.8 Å². The number of carbonyl (C=O) groups excluding carboxylic acids is 1. The summed E-state index contributed by atoms with van der Waals surface area (Å²) in [5.41, 5.74) is 0.834. The standard InChI is InChI=1S/C13H16FNO/c14-12-7-10(8-15-9-12)6-11-4-2-1-3-5-13(11)16/h7-9,11H,1-6H2. The smallest absolute Gasteiger partial charge is 0.141 e. The van der Waals surface area contributed by atoms with E-state index in [0.29, 0.717) is 18.6 Å². The van der Waals surface area contributed by atoms with E-state index in [4.69, 9.17) is 0 Å². The first-order valence-corrected chi connectivity index (χ1v) is 5.88. The SMILES string of the molecule is O=C1CCCCCC1Cc1cncc(F)c1. The quantitative estimate of drug-likeness (QED) is 0.719. The van der Waals surface area contributed by atoms with Gasteiger partial charge in [0, 0.05) is 18.5 Å². The van der Waals surface area contributed by atoms with Crippen molar-refractivity contribution in [3.8, 4) is 0 Å². The Labute approximate surface area is 94.9 Å². The van der Waals surface area contributed by atoms with Crippen LogP contribution in [0.25, 0.3) is 0 Å². The van der Waals surface area contributed by atoms with Gasteiger partial charge in [-0.15, -0.1) is 0 Å². The van der Waals surface area contributed by atoms with Gasteiger partial charge in [0.25, 0.3) is 0 Å². The Morgan fingerprint density at radius 2 is 2.19 bits per heavy atom. The van der Waals surface area contributed by atoms with Gasteiger partial charge in [-0.25, -0.2) is 4.39 Å². The molecule has 1 aliphatic rings. The molecular formula is C13H16FNO. The molecule has 0 amide bonds. The van der Waals surface area contributed by atoms with Gasteiger partial charge in [0.15, 0.2) is 0 Å². The van der Waals surface area contributed by atoms with E-state index in [-0.39, 0.29) is 11.7 Å². The molecular weight excluding hydrogens is 205 g/mol. The van der Waals surface area contributed by atoms with E-state index in [2.05, 4.69) is 4.98 Å². The van der Waals surface area contributed by atoms with E-state index in [0.717, 1.165) is 31.2 Å². The first-order chi connectivity index (χ1) is 7.75. The van der Waals surface area contributed by atoms with Crippen molar-refractivity contribution in [1.29, 1.82) is 0 Å². The molecule has 1 saturated carbocycles. The number of hydrogen-bond acceptors (Lipinski definition) is 2. The Kier molecular flexibility index (Phi) is 3.65. The predicted molar refractivity (Wildman–Crippen MR) is 59.5 cm³/mol. The first kappa shape index (κ1) is 11.2. The van der Waals surface area contributed by atoms with Crippen molar-refractivity contribution < 1.29 is 9.18 Å². The second-order valence-corrected chi connectivity index (χ2v) is 4.48. The molecule has 0 bridgehead atoms. The number of nitrogens with zero attached hydrogens (tertiary/aromatic N) is 1. The molecule has 2 nitrogen and oxygen atoms in total. The lowest BCUT2D eigenvalue weighted by Crippen LogP contribution is -2.15. The van der Waals surface area contributed by atoms with Crippen LogP contribution in [-0.2, 0) is 11.2 Å². The summed E-state index contributed by atoms with van der Waals surface area (Å²) in [7, 11) is 0. The van der Waals surface area contributed by atoms with Crippen molar-refractivity contribution in [1.82, 2.24) is 4.98 Å². The Balaban J connectivity index is 2.05. The molecule has 1 fully saturated rings. The van der Waals surface area contributed by atoms with Crippen LogP contribution in [0.3, 0.4) is 0 Å². The molecule has 3 heteroatoms. The zero-order valence-corrected chi connectivity index (χ0v) is 9.29. The number of halogens is 1. The van der Waals surface area contributed by atoms with E-state index in [1.54, 1.807) is 6.20 Å². The van der Waals surface area contributed by atoms with Crippen LogP contribution in [0.15, 0.2) is 18.5 Å². The molecule has 0 radical (unpaired) electrons.